The van der Waals surface area contributed by atoms with Crippen molar-refractivity contribution < 1.29 is 19.1 Å². The summed E-state index contributed by atoms with van der Waals surface area (Å²) in [6, 6.07) is 3.02. The third-order valence-electron chi connectivity index (χ3n) is 2.76. The van der Waals surface area contributed by atoms with Crippen molar-refractivity contribution in [2.45, 2.75) is 24.8 Å². The van der Waals surface area contributed by atoms with Crippen molar-refractivity contribution in [1.29, 1.82) is 0 Å². The number of hydrogen-bond acceptors (Lipinski definition) is 5. The van der Waals surface area contributed by atoms with Crippen LogP contribution in [0.2, 0.25) is 0 Å². The first-order chi connectivity index (χ1) is 9.53. The highest BCUT2D eigenvalue weighted by atomic mass is 79.9. The van der Waals surface area contributed by atoms with E-state index in [1.54, 1.807) is 13.2 Å². The number of rotatable bonds is 8. The SMILES string of the molecule is COCCC(C)Oc1cc([N+](=O)[O-])c(CBr)cc1OC. The molecule has 1 aromatic carbocycles. The lowest BCUT2D eigenvalue weighted by atomic mass is 10.1. The van der Waals surface area contributed by atoms with Gasteiger partial charge in [-0.1, -0.05) is 15.9 Å². The lowest BCUT2D eigenvalue weighted by molar-refractivity contribution is -0.385. The third kappa shape index (κ3) is 4.35. The van der Waals surface area contributed by atoms with Crippen LogP contribution in [0.15, 0.2) is 12.1 Å². The van der Waals surface area contributed by atoms with Crippen molar-refractivity contribution in [3.8, 4) is 11.5 Å². The van der Waals surface area contributed by atoms with Crippen LogP contribution in [0.3, 0.4) is 0 Å². The Hall–Kier alpha value is -1.34. The van der Waals surface area contributed by atoms with Crippen molar-refractivity contribution in [1.82, 2.24) is 0 Å². The minimum Gasteiger partial charge on any atom is -0.493 e. The number of halogens is 1. The molecule has 0 aliphatic rings. The van der Waals surface area contributed by atoms with E-state index < -0.39 is 4.92 Å². The minimum atomic E-state index is -0.428. The molecule has 0 amide bonds. The number of nitro groups is 1. The van der Waals surface area contributed by atoms with E-state index in [0.29, 0.717) is 35.4 Å². The van der Waals surface area contributed by atoms with Gasteiger partial charge in [-0.15, -0.1) is 0 Å². The quantitative estimate of drug-likeness (QED) is 0.410. The van der Waals surface area contributed by atoms with Gasteiger partial charge in [-0.25, -0.2) is 0 Å². The van der Waals surface area contributed by atoms with E-state index in [-0.39, 0.29) is 11.8 Å². The highest BCUT2D eigenvalue weighted by Crippen LogP contribution is 2.36. The Morgan fingerprint density at radius 3 is 2.55 bits per heavy atom. The smallest absolute Gasteiger partial charge is 0.277 e. The molecule has 1 unspecified atom stereocenters. The number of nitrogens with zero attached hydrogens (tertiary/aromatic N) is 1. The van der Waals surface area contributed by atoms with Gasteiger partial charge in [0, 0.05) is 31.0 Å². The molecule has 0 fully saturated rings. The van der Waals surface area contributed by atoms with Gasteiger partial charge in [0.05, 0.1) is 24.2 Å². The molecule has 0 aromatic heterocycles. The Kier molecular flexibility index (Phi) is 6.74. The van der Waals surface area contributed by atoms with Crippen LogP contribution in [-0.2, 0) is 10.1 Å². The Morgan fingerprint density at radius 1 is 1.35 bits per heavy atom. The summed E-state index contributed by atoms with van der Waals surface area (Å²) in [4.78, 5) is 10.6. The minimum absolute atomic E-state index is 0.0108. The summed E-state index contributed by atoms with van der Waals surface area (Å²) in [6.45, 7) is 2.44. The number of alkyl halides is 1. The van der Waals surface area contributed by atoms with Crippen LogP contribution in [0.5, 0.6) is 11.5 Å². The fraction of sp³-hybridized carbons (Fsp3) is 0.538. The van der Waals surface area contributed by atoms with Crippen LogP contribution in [-0.4, -0.2) is 31.9 Å². The fourth-order valence-corrected chi connectivity index (χ4v) is 2.13. The van der Waals surface area contributed by atoms with E-state index in [1.807, 2.05) is 6.92 Å². The summed E-state index contributed by atoms with van der Waals surface area (Å²) in [5.41, 5.74) is 0.556. The van der Waals surface area contributed by atoms with Crippen LogP contribution in [0.4, 0.5) is 5.69 Å². The van der Waals surface area contributed by atoms with Gasteiger partial charge in [-0.05, 0) is 13.0 Å². The van der Waals surface area contributed by atoms with Gasteiger partial charge in [0.15, 0.2) is 11.5 Å². The Bertz CT molecular complexity index is 466. The highest BCUT2D eigenvalue weighted by Gasteiger charge is 2.20. The number of hydrogen-bond donors (Lipinski definition) is 0. The maximum Gasteiger partial charge on any atom is 0.277 e. The van der Waals surface area contributed by atoms with Gasteiger partial charge >= 0.3 is 0 Å². The first-order valence-corrected chi connectivity index (χ1v) is 7.22. The maximum absolute atomic E-state index is 11.1. The molecule has 0 spiro atoms. The predicted molar refractivity (Wildman–Crippen MR) is 78.9 cm³/mol. The zero-order valence-corrected chi connectivity index (χ0v) is 13.3. The van der Waals surface area contributed by atoms with Gasteiger partial charge < -0.3 is 14.2 Å². The maximum atomic E-state index is 11.1. The van der Waals surface area contributed by atoms with Gasteiger partial charge in [-0.3, -0.25) is 10.1 Å². The molecule has 20 heavy (non-hydrogen) atoms. The largest absolute Gasteiger partial charge is 0.493 e. The molecule has 0 saturated heterocycles. The number of benzene rings is 1. The summed E-state index contributed by atoms with van der Waals surface area (Å²) in [5.74, 6) is 0.849. The average molecular weight is 348 g/mol. The van der Waals surface area contributed by atoms with Crippen LogP contribution in [0.25, 0.3) is 0 Å². The van der Waals surface area contributed by atoms with Crippen molar-refractivity contribution in [2.24, 2.45) is 0 Å². The van der Waals surface area contributed by atoms with Gasteiger partial charge in [0.1, 0.15) is 0 Å². The summed E-state index contributed by atoms with van der Waals surface area (Å²) in [7, 11) is 3.12. The monoisotopic (exact) mass is 347 g/mol. The van der Waals surface area contributed by atoms with Crippen molar-refractivity contribution in [3.05, 3.63) is 27.8 Å². The normalized spacial score (nSPS) is 12.0. The molecule has 112 valence electrons. The zero-order valence-electron chi connectivity index (χ0n) is 11.7. The lowest BCUT2D eigenvalue weighted by Crippen LogP contribution is -2.15. The number of ether oxygens (including phenoxy) is 3. The molecule has 0 aliphatic heterocycles. The van der Waals surface area contributed by atoms with E-state index in [1.165, 1.54) is 13.2 Å². The van der Waals surface area contributed by atoms with E-state index in [4.69, 9.17) is 14.2 Å². The molecule has 1 rings (SSSR count). The van der Waals surface area contributed by atoms with Gasteiger partial charge in [0.2, 0.25) is 0 Å². The molecule has 7 heteroatoms. The second-order valence-corrected chi connectivity index (χ2v) is 4.79. The van der Waals surface area contributed by atoms with Gasteiger partial charge in [0.25, 0.3) is 5.69 Å². The first-order valence-electron chi connectivity index (χ1n) is 6.10. The zero-order chi connectivity index (χ0) is 15.1. The lowest BCUT2D eigenvalue weighted by Gasteiger charge is -2.17. The van der Waals surface area contributed by atoms with E-state index >= 15 is 0 Å². The summed E-state index contributed by atoms with van der Waals surface area (Å²) in [6.07, 6.45) is 0.562. The first kappa shape index (κ1) is 16.7. The van der Waals surface area contributed by atoms with E-state index in [2.05, 4.69) is 15.9 Å². The Morgan fingerprint density at radius 2 is 2.05 bits per heavy atom. The van der Waals surface area contributed by atoms with E-state index in [9.17, 15) is 10.1 Å². The standard InChI is InChI=1S/C13H18BrNO5/c1-9(4-5-18-2)20-13-7-11(15(16)17)10(8-14)6-12(13)19-3/h6-7,9H,4-5,8H2,1-3H3. The van der Waals surface area contributed by atoms with Crippen LogP contribution in [0, 0.1) is 10.1 Å². The molecule has 0 heterocycles. The van der Waals surface area contributed by atoms with Crippen LogP contribution >= 0.6 is 15.9 Å². The van der Waals surface area contributed by atoms with Crippen molar-refractivity contribution in [3.63, 3.8) is 0 Å². The van der Waals surface area contributed by atoms with Gasteiger partial charge in [-0.2, -0.15) is 0 Å². The predicted octanol–water partition coefficient (Wildman–Crippen LogP) is 3.30. The molecule has 0 saturated carbocycles. The number of methoxy groups -OCH3 is 2. The third-order valence-corrected chi connectivity index (χ3v) is 3.37. The van der Waals surface area contributed by atoms with Crippen LogP contribution < -0.4 is 9.47 Å². The molecular formula is C13H18BrNO5. The highest BCUT2D eigenvalue weighted by molar-refractivity contribution is 9.08. The second-order valence-electron chi connectivity index (χ2n) is 4.23. The molecule has 0 N–H and O–H groups in total. The molecule has 1 aromatic rings. The molecule has 0 aliphatic carbocycles. The molecule has 0 bridgehead atoms. The van der Waals surface area contributed by atoms with Crippen molar-refractivity contribution in [2.75, 3.05) is 20.8 Å². The number of nitro benzene ring substituents is 1. The molecule has 0 radical (unpaired) electrons. The molecular weight excluding hydrogens is 330 g/mol. The molecule has 1 atom stereocenters. The van der Waals surface area contributed by atoms with Crippen molar-refractivity contribution >= 4 is 21.6 Å². The van der Waals surface area contributed by atoms with E-state index in [0.717, 1.165) is 0 Å². The summed E-state index contributed by atoms with van der Waals surface area (Å²) >= 11 is 3.23. The average Bonchev–Trinajstić information content (AvgIpc) is 2.44. The topological polar surface area (TPSA) is 70.8 Å². The molecule has 6 nitrogen and oxygen atoms in total. The Balaban J connectivity index is 3.04. The summed E-state index contributed by atoms with van der Waals surface area (Å²) in [5, 5.41) is 11.4. The second kappa shape index (κ2) is 8.06. The van der Waals surface area contributed by atoms with Crippen LogP contribution in [0.1, 0.15) is 18.9 Å². The fourth-order valence-electron chi connectivity index (χ4n) is 1.68. The Labute approximate surface area is 126 Å². The summed E-state index contributed by atoms with van der Waals surface area (Å²) < 4.78 is 15.9.